The van der Waals surface area contributed by atoms with Crippen LogP contribution in [0.1, 0.15) is 44.2 Å². The summed E-state index contributed by atoms with van der Waals surface area (Å²) >= 11 is 0. The van der Waals surface area contributed by atoms with Crippen LogP contribution >= 0.6 is 0 Å². The molecule has 0 aliphatic heterocycles. The molecule has 1 aliphatic carbocycles. The lowest BCUT2D eigenvalue weighted by molar-refractivity contribution is 0.345. The van der Waals surface area contributed by atoms with Crippen molar-refractivity contribution in [3.8, 4) is 0 Å². The molecule has 17 heavy (non-hydrogen) atoms. The van der Waals surface area contributed by atoms with E-state index in [1.807, 2.05) is 6.07 Å². The van der Waals surface area contributed by atoms with Crippen LogP contribution in [0.4, 0.5) is 4.39 Å². The first-order chi connectivity index (χ1) is 8.13. The van der Waals surface area contributed by atoms with Gasteiger partial charge in [-0.25, -0.2) is 4.39 Å². The van der Waals surface area contributed by atoms with Crippen LogP contribution in [0.15, 0.2) is 18.2 Å². The summed E-state index contributed by atoms with van der Waals surface area (Å²) < 4.78 is 13.2. The molecule has 0 fully saturated rings. The fraction of sp³-hybridized carbons (Fsp3) is 0.600. The number of fused-ring (bicyclic) bond motifs is 1. The zero-order valence-corrected chi connectivity index (χ0v) is 11.0. The molecule has 0 aromatic heterocycles. The zero-order valence-electron chi connectivity index (χ0n) is 11.0. The van der Waals surface area contributed by atoms with Crippen molar-refractivity contribution in [2.24, 2.45) is 5.92 Å². The fourth-order valence-electron chi connectivity index (χ4n) is 3.07. The lowest BCUT2D eigenvalue weighted by Gasteiger charge is -2.28. The first-order valence-corrected chi connectivity index (χ1v) is 6.65. The van der Waals surface area contributed by atoms with Gasteiger partial charge in [0.25, 0.3) is 0 Å². The van der Waals surface area contributed by atoms with Crippen molar-refractivity contribution in [1.29, 1.82) is 0 Å². The van der Waals surface area contributed by atoms with Gasteiger partial charge < -0.3 is 5.32 Å². The van der Waals surface area contributed by atoms with Gasteiger partial charge >= 0.3 is 0 Å². The second kappa shape index (κ2) is 5.18. The predicted molar refractivity (Wildman–Crippen MR) is 69.8 cm³/mol. The summed E-state index contributed by atoms with van der Waals surface area (Å²) in [4.78, 5) is 0. The summed E-state index contributed by atoms with van der Waals surface area (Å²) in [6.07, 6.45) is 2.17. The van der Waals surface area contributed by atoms with E-state index in [2.05, 4.69) is 26.1 Å². The second-order valence-electron chi connectivity index (χ2n) is 5.32. The molecular formula is C15H22FN. The van der Waals surface area contributed by atoms with Gasteiger partial charge in [0, 0.05) is 12.0 Å². The van der Waals surface area contributed by atoms with Gasteiger partial charge in [0.2, 0.25) is 0 Å². The molecule has 0 bridgehead atoms. The highest BCUT2D eigenvalue weighted by atomic mass is 19.1. The van der Waals surface area contributed by atoms with E-state index in [1.165, 1.54) is 11.1 Å². The maximum atomic E-state index is 13.2. The SMILES string of the molecule is CCNC(C(C)C)C1CCc2cc(F)ccc21. The van der Waals surface area contributed by atoms with Crippen molar-refractivity contribution >= 4 is 0 Å². The van der Waals surface area contributed by atoms with E-state index in [0.29, 0.717) is 17.9 Å². The highest BCUT2D eigenvalue weighted by molar-refractivity contribution is 5.36. The molecular weight excluding hydrogens is 213 g/mol. The fourth-order valence-corrected chi connectivity index (χ4v) is 3.07. The smallest absolute Gasteiger partial charge is 0.123 e. The van der Waals surface area contributed by atoms with Crippen molar-refractivity contribution in [3.63, 3.8) is 0 Å². The molecule has 1 aliphatic rings. The highest BCUT2D eigenvalue weighted by Crippen LogP contribution is 2.37. The van der Waals surface area contributed by atoms with E-state index in [-0.39, 0.29) is 5.82 Å². The molecule has 2 rings (SSSR count). The average Bonchev–Trinajstić information content (AvgIpc) is 2.68. The Morgan fingerprint density at radius 1 is 1.41 bits per heavy atom. The molecule has 1 nitrogen and oxygen atoms in total. The van der Waals surface area contributed by atoms with Crippen LogP contribution in [0.25, 0.3) is 0 Å². The first kappa shape index (κ1) is 12.6. The minimum Gasteiger partial charge on any atom is -0.313 e. The summed E-state index contributed by atoms with van der Waals surface area (Å²) in [6.45, 7) is 7.66. The first-order valence-electron chi connectivity index (χ1n) is 6.65. The van der Waals surface area contributed by atoms with Crippen molar-refractivity contribution in [2.75, 3.05) is 6.54 Å². The van der Waals surface area contributed by atoms with E-state index in [0.717, 1.165) is 19.4 Å². The number of likely N-dealkylation sites (N-methyl/N-ethyl adjacent to an activating group) is 1. The minimum atomic E-state index is -0.103. The third-order valence-corrected chi connectivity index (χ3v) is 3.82. The van der Waals surface area contributed by atoms with Crippen LogP contribution in [0.5, 0.6) is 0 Å². The average molecular weight is 235 g/mol. The van der Waals surface area contributed by atoms with Gasteiger partial charge in [-0.15, -0.1) is 0 Å². The third kappa shape index (κ3) is 2.52. The lowest BCUT2D eigenvalue weighted by Crippen LogP contribution is -2.38. The third-order valence-electron chi connectivity index (χ3n) is 3.82. The molecule has 0 spiro atoms. The summed E-state index contributed by atoms with van der Waals surface area (Å²) in [5.74, 6) is 1.05. The normalized spacial score (nSPS) is 20.6. The van der Waals surface area contributed by atoms with Gasteiger partial charge in [-0.3, -0.25) is 0 Å². The predicted octanol–water partition coefficient (Wildman–Crippen LogP) is 3.49. The van der Waals surface area contributed by atoms with Crippen LogP contribution < -0.4 is 5.32 Å². The monoisotopic (exact) mass is 235 g/mol. The number of benzene rings is 1. The number of halogens is 1. The Morgan fingerprint density at radius 3 is 2.82 bits per heavy atom. The number of aryl methyl sites for hydroxylation is 1. The van der Waals surface area contributed by atoms with Crippen molar-refractivity contribution in [1.82, 2.24) is 5.32 Å². The molecule has 0 saturated heterocycles. The van der Waals surface area contributed by atoms with Gasteiger partial charge in [-0.05, 0) is 48.6 Å². The van der Waals surface area contributed by atoms with Gasteiger partial charge in [0.15, 0.2) is 0 Å². The van der Waals surface area contributed by atoms with E-state index in [4.69, 9.17) is 0 Å². The topological polar surface area (TPSA) is 12.0 Å². The van der Waals surface area contributed by atoms with Gasteiger partial charge in [0.1, 0.15) is 5.82 Å². The van der Waals surface area contributed by atoms with Crippen LogP contribution in [0, 0.1) is 11.7 Å². The van der Waals surface area contributed by atoms with Crippen LogP contribution in [0.2, 0.25) is 0 Å². The van der Waals surface area contributed by atoms with Gasteiger partial charge in [-0.1, -0.05) is 26.8 Å². The van der Waals surface area contributed by atoms with Gasteiger partial charge in [0.05, 0.1) is 0 Å². The number of hydrogen-bond acceptors (Lipinski definition) is 1. The molecule has 94 valence electrons. The second-order valence-corrected chi connectivity index (χ2v) is 5.32. The molecule has 0 amide bonds. The molecule has 0 heterocycles. The Hall–Kier alpha value is -0.890. The maximum Gasteiger partial charge on any atom is 0.123 e. The largest absolute Gasteiger partial charge is 0.313 e. The Labute approximate surface area is 103 Å². The van der Waals surface area contributed by atoms with Crippen molar-refractivity contribution in [3.05, 3.63) is 35.1 Å². The number of nitrogens with one attached hydrogen (secondary N) is 1. The van der Waals surface area contributed by atoms with E-state index in [9.17, 15) is 4.39 Å². The Balaban J connectivity index is 2.25. The summed E-state index contributed by atoms with van der Waals surface area (Å²) in [7, 11) is 0. The number of rotatable bonds is 4. The maximum absolute atomic E-state index is 13.2. The molecule has 1 aromatic rings. The van der Waals surface area contributed by atoms with Crippen molar-refractivity contribution < 1.29 is 4.39 Å². The molecule has 0 radical (unpaired) electrons. The summed E-state index contributed by atoms with van der Waals surface area (Å²) in [6, 6.07) is 5.79. The van der Waals surface area contributed by atoms with Crippen LogP contribution in [-0.2, 0) is 6.42 Å². The Kier molecular flexibility index (Phi) is 3.82. The lowest BCUT2D eigenvalue weighted by atomic mass is 9.86. The summed E-state index contributed by atoms with van der Waals surface area (Å²) in [5, 5.41) is 3.59. The zero-order chi connectivity index (χ0) is 12.4. The van der Waals surface area contributed by atoms with E-state index >= 15 is 0 Å². The number of hydrogen-bond donors (Lipinski definition) is 1. The summed E-state index contributed by atoms with van der Waals surface area (Å²) in [5.41, 5.74) is 2.56. The van der Waals surface area contributed by atoms with Gasteiger partial charge in [-0.2, -0.15) is 0 Å². The van der Waals surface area contributed by atoms with Crippen LogP contribution in [-0.4, -0.2) is 12.6 Å². The quantitative estimate of drug-likeness (QED) is 0.842. The molecule has 1 N–H and O–H groups in total. The Bertz CT molecular complexity index is 387. The molecule has 2 atom stereocenters. The van der Waals surface area contributed by atoms with E-state index in [1.54, 1.807) is 12.1 Å². The Morgan fingerprint density at radius 2 is 2.18 bits per heavy atom. The molecule has 1 aromatic carbocycles. The molecule has 2 heteroatoms. The highest BCUT2D eigenvalue weighted by Gasteiger charge is 2.31. The molecule has 2 unspecified atom stereocenters. The standard InChI is InChI=1S/C15H22FN/c1-4-17-15(10(2)3)14-7-5-11-9-12(16)6-8-13(11)14/h6,8-10,14-15,17H,4-5,7H2,1-3H3. The minimum absolute atomic E-state index is 0.103. The van der Waals surface area contributed by atoms with Crippen LogP contribution in [0.3, 0.4) is 0 Å². The van der Waals surface area contributed by atoms with Crippen molar-refractivity contribution in [2.45, 2.75) is 45.6 Å². The van der Waals surface area contributed by atoms with E-state index < -0.39 is 0 Å². The molecule has 0 saturated carbocycles.